The molecule has 0 saturated carbocycles. The predicted molar refractivity (Wildman–Crippen MR) is 147 cm³/mol. The molecular weight excluding hydrogens is 476 g/mol. The molecule has 0 aliphatic carbocycles. The molecular formula is C28H30N10. The van der Waals surface area contributed by atoms with Crippen LogP contribution in [-0.2, 0) is 0 Å². The zero-order valence-corrected chi connectivity index (χ0v) is 21.4. The lowest BCUT2D eigenvalue weighted by atomic mass is 10.1. The molecule has 38 heavy (non-hydrogen) atoms. The molecule has 2 N–H and O–H groups in total. The normalized spacial score (nSPS) is 23.2. The number of nitrogens with zero attached hydrogens (tertiary/aromatic N) is 8. The van der Waals surface area contributed by atoms with E-state index in [2.05, 4.69) is 67.5 Å². The Morgan fingerprint density at radius 2 is 1.76 bits per heavy atom. The summed E-state index contributed by atoms with van der Waals surface area (Å²) in [7, 11) is 0. The molecule has 0 unspecified atom stereocenters. The van der Waals surface area contributed by atoms with E-state index in [4.69, 9.17) is 20.2 Å². The van der Waals surface area contributed by atoms with E-state index in [-0.39, 0.29) is 0 Å². The smallest absolute Gasteiger partial charge is 0.226 e. The van der Waals surface area contributed by atoms with Gasteiger partial charge < -0.3 is 20.0 Å². The van der Waals surface area contributed by atoms with Crippen molar-refractivity contribution in [1.29, 1.82) is 5.26 Å². The van der Waals surface area contributed by atoms with Crippen molar-refractivity contribution in [3.8, 4) is 17.3 Å². The van der Waals surface area contributed by atoms with E-state index in [0.29, 0.717) is 23.7 Å². The van der Waals surface area contributed by atoms with Crippen LogP contribution in [0.1, 0.15) is 25.3 Å². The highest BCUT2D eigenvalue weighted by Gasteiger charge is 2.41. The van der Waals surface area contributed by atoms with E-state index in [0.717, 1.165) is 79.6 Å². The summed E-state index contributed by atoms with van der Waals surface area (Å²) in [6.45, 7) is 6.91. The maximum Gasteiger partial charge on any atom is 0.226 e. The van der Waals surface area contributed by atoms with E-state index >= 15 is 0 Å². The fourth-order valence-corrected chi connectivity index (χ4v) is 6.17. The van der Waals surface area contributed by atoms with Crippen LogP contribution in [0, 0.1) is 11.3 Å². The van der Waals surface area contributed by atoms with E-state index in [1.54, 1.807) is 0 Å². The van der Waals surface area contributed by atoms with Crippen molar-refractivity contribution in [1.82, 2.24) is 30.5 Å². The highest BCUT2D eigenvalue weighted by atomic mass is 15.4. The Bertz CT molecular complexity index is 1480. The molecule has 10 nitrogen and oxygen atoms in total. The van der Waals surface area contributed by atoms with Gasteiger partial charge >= 0.3 is 0 Å². The standard InChI is InChI=1S/C28H30N10/c1-18-15-36(11-10-30-18)25-9-4-20(13-31-25)26-27-24(34-35-26)14-32-28(33-27)38-22-7-8-23(38)17-37(16-22)21-5-2-19(12-29)3-6-21/h2-6,9,13-14,18,22-23,30H,7-8,10-11,15-17H2,1H3,(H,34,35)/t18-,22-,23+/m1/s1. The van der Waals surface area contributed by atoms with Crippen molar-refractivity contribution in [2.45, 2.75) is 37.9 Å². The third-order valence-corrected chi connectivity index (χ3v) is 8.08. The number of piperazine rings is 2. The fourth-order valence-electron chi connectivity index (χ4n) is 6.17. The molecule has 3 saturated heterocycles. The van der Waals surface area contributed by atoms with Crippen LogP contribution in [0.15, 0.2) is 48.8 Å². The second kappa shape index (κ2) is 9.26. The quantitative estimate of drug-likeness (QED) is 0.431. The Labute approximate surface area is 221 Å². The average molecular weight is 507 g/mol. The number of aromatic nitrogens is 5. The third kappa shape index (κ3) is 4.00. The maximum atomic E-state index is 9.12. The molecule has 7 rings (SSSR count). The molecule has 3 aliphatic heterocycles. The second-order valence-electron chi connectivity index (χ2n) is 10.6. The summed E-state index contributed by atoms with van der Waals surface area (Å²) in [6.07, 6.45) is 5.99. The summed E-state index contributed by atoms with van der Waals surface area (Å²) in [5.74, 6) is 1.76. The van der Waals surface area contributed by atoms with Crippen LogP contribution in [0.5, 0.6) is 0 Å². The molecule has 0 radical (unpaired) electrons. The summed E-state index contributed by atoms with van der Waals surface area (Å²) in [5, 5.41) is 20.3. The highest BCUT2D eigenvalue weighted by Crippen LogP contribution is 2.36. The second-order valence-corrected chi connectivity index (χ2v) is 10.6. The molecule has 10 heteroatoms. The van der Waals surface area contributed by atoms with Crippen LogP contribution in [0.4, 0.5) is 17.5 Å². The van der Waals surface area contributed by atoms with Crippen molar-refractivity contribution in [3.63, 3.8) is 0 Å². The van der Waals surface area contributed by atoms with Crippen LogP contribution in [-0.4, -0.2) is 76.0 Å². The minimum absolute atomic E-state index is 0.347. The lowest BCUT2D eigenvalue weighted by molar-refractivity contribution is 0.482. The molecule has 0 amide bonds. The third-order valence-electron chi connectivity index (χ3n) is 8.08. The van der Waals surface area contributed by atoms with Crippen molar-refractivity contribution < 1.29 is 0 Å². The van der Waals surface area contributed by atoms with Crippen molar-refractivity contribution in [3.05, 3.63) is 54.4 Å². The number of hydrogen-bond donors (Lipinski definition) is 2. The van der Waals surface area contributed by atoms with Gasteiger partial charge in [0.2, 0.25) is 5.95 Å². The number of hydrogen-bond acceptors (Lipinski definition) is 9. The van der Waals surface area contributed by atoms with Crippen molar-refractivity contribution in [2.75, 3.05) is 47.4 Å². The van der Waals surface area contributed by atoms with Gasteiger partial charge in [-0.15, -0.1) is 0 Å². The van der Waals surface area contributed by atoms with Gasteiger partial charge in [-0.05, 0) is 56.2 Å². The summed E-state index contributed by atoms with van der Waals surface area (Å²) in [6, 6.07) is 15.4. The van der Waals surface area contributed by atoms with Gasteiger partial charge in [-0.25, -0.2) is 15.0 Å². The topological polar surface area (TPSA) is 113 Å². The summed E-state index contributed by atoms with van der Waals surface area (Å²) >= 11 is 0. The van der Waals surface area contributed by atoms with Crippen LogP contribution in [0.3, 0.4) is 0 Å². The summed E-state index contributed by atoms with van der Waals surface area (Å²) in [4.78, 5) is 21.7. The Hall–Kier alpha value is -4.23. The number of anilines is 3. The number of aromatic amines is 1. The minimum atomic E-state index is 0.347. The Morgan fingerprint density at radius 3 is 2.47 bits per heavy atom. The maximum absolute atomic E-state index is 9.12. The first-order valence-electron chi connectivity index (χ1n) is 13.4. The lowest BCUT2D eigenvalue weighted by Crippen LogP contribution is -2.54. The van der Waals surface area contributed by atoms with Gasteiger partial charge in [-0.2, -0.15) is 10.4 Å². The van der Waals surface area contributed by atoms with Gasteiger partial charge in [0.25, 0.3) is 0 Å². The zero-order valence-electron chi connectivity index (χ0n) is 21.4. The number of H-pyrrole nitrogens is 1. The predicted octanol–water partition coefficient (Wildman–Crippen LogP) is 2.94. The Balaban J connectivity index is 1.14. The van der Waals surface area contributed by atoms with Crippen molar-refractivity contribution >= 4 is 28.5 Å². The number of nitrogens with one attached hydrogen (secondary N) is 2. The zero-order chi connectivity index (χ0) is 25.6. The Kier molecular flexibility index (Phi) is 5.59. The van der Waals surface area contributed by atoms with E-state index in [1.807, 2.05) is 24.5 Å². The first-order valence-corrected chi connectivity index (χ1v) is 13.4. The molecule has 0 spiro atoms. The SMILES string of the molecule is C[C@@H]1CN(c2ccc(-c3n[nH]c4cnc(N5[C@@H]6CC[C@H]5CN(c5ccc(C#N)cc5)C6)nc34)cn2)CCN1. The van der Waals surface area contributed by atoms with E-state index in [9.17, 15) is 0 Å². The van der Waals surface area contributed by atoms with Crippen LogP contribution in [0.25, 0.3) is 22.3 Å². The van der Waals surface area contributed by atoms with E-state index < -0.39 is 0 Å². The number of benzene rings is 1. The van der Waals surface area contributed by atoms with Crippen LogP contribution >= 0.6 is 0 Å². The van der Waals surface area contributed by atoms with Crippen LogP contribution in [0.2, 0.25) is 0 Å². The minimum Gasteiger partial charge on any atom is -0.367 e. The summed E-state index contributed by atoms with van der Waals surface area (Å²) < 4.78 is 0. The van der Waals surface area contributed by atoms with Gasteiger partial charge in [0.05, 0.1) is 17.8 Å². The van der Waals surface area contributed by atoms with Gasteiger partial charge in [-0.3, -0.25) is 5.10 Å². The lowest BCUT2D eigenvalue weighted by Gasteiger charge is -2.42. The van der Waals surface area contributed by atoms with Gasteiger partial charge in [0.15, 0.2) is 0 Å². The molecule has 3 aliphatic rings. The van der Waals surface area contributed by atoms with Crippen LogP contribution < -0.4 is 20.0 Å². The molecule has 3 aromatic heterocycles. The average Bonchev–Trinajstić information content (AvgIpc) is 3.50. The first kappa shape index (κ1) is 22.9. The van der Waals surface area contributed by atoms with Crippen molar-refractivity contribution in [2.24, 2.45) is 0 Å². The molecule has 2 bridgehead atoms. The molecule has 192 valence electrons. The molecule has 1 aromatic carbocycles. The van der Waals surface area contributed by atoms with Gasteiger partial charge in [0, 0.05) is 68.3 Å². The molecule has 4 aromatic rings. The van der Waals surface area contributed by atoms with Gasteiger partial charge in [-0.1, -0.05) is 0 Å². The molecule has 6 heterocycles. The van der Waals surface area contributed by atoms with E-state index in [1.165, 1.54) is 5.69 Å². The largest absolute Gasteiger partial charge is 0.367 e. The number of nitriles is 1. The fraction of sp³-hybridized carbons (Fsp3) is 0.393. The number of fused-ring (bicyclic) bond motifs is 3. The first-order chi connectivity index (χ1) is 18.7. The monoisotopic (exact) mass is 506 g/mol. The molecule has 3 atom stereocenters. The Morgan fingerprint density at radius 1 is 0.947 bits per heavy atom. The number of pyridine rings is 1. The summed E-state index contributed by atoms with van der Waals surface area (Å²) in [5.41, 5.74) is 5.26. The van der Waals surface area contributed by atoms with Gasteiger partial charge in [0.1, 0.15) is 22.5 Å². The molecule has 3 fully saturated rings. The highest BCUT2D eigenvalue weighted by molar-refractivity contribution is 5.89. The number of rotatable bonds is 4.